The molecule has 1 saturated carbocycles. The zero-order valence-corrected chi connectivity index (χ0v) is 6.05. The number of carbonyl (C=O) groups excluding carboxylic acids is 1. The number of hydrogen-bond donors (Lipinski definition) is 2. The quantitative estimate of drug-likeness (QED) is 0.514. The highest BCUT2D eigenvalue weighted by Gasteiger charge is 2.54. The molecule has 1 amide bonds. The van der Waals surface area contributed by atoms with Gasteiger partial charge in [0.15, 0.2) is 0 Å². The highest BCUT2D eigenvalue weighted by atomic mass is 16.2. The second-order valence-corrected chi connectivity index (χ2v) is 2.67. The third kappa shape index (κ3) is 0.827. The SMILES string of the molecule is C=CC1CC1(N)C(=O)NC. The molecule has 0 aromatic carbocycles. The Labute approximate surface area is 60.3 Å². The lowest BCUT2D eigenvalue weighted by atomic mass is 10.2. The number of rotatable bonds is 2. The first-order chi connectivity index (χ1) is 4.65. The second-order valence-electron chi connectivity index (χ2n) is 2.67. The molecular weight excluding hydrogens is 128 g/mol. The zero-order chi connectivity index (χ0) is 7.78. The summed E-state index contributed by atoms with van der Waals surface area (Å²) >= 11 is 0. The maximum absolute atomic E-state index is 11.0. The van der Waals surface area contributed by atoms with Crippen molar-refractivity contribution in [2.24, 2.45) is 11.7 Å². The molecule has 0 heterocycles. The van der Waals surface area contributed by atoms with Crippen molar-refractivity contribution in [3.05, 3.63) is 12.7 Å². The van der Waals surface area contributed by atoms with Gasteiger partial charge in [0.05, 0.1) is 0 Å². The van der Waals surface area contributed by atoms with Crippen LogP contribution in [0.4, 0.5) is 0 Å². The molecule has 3 heteroatoms. The second kappa shape index (κ2) is 2.09. The van der Waals surface area contributed by atoms with Gasteiger partial charge in [-0.2, -0.15) is 0 Å². The lowest BCUT2D eigenvalue weighted by molar-refractivity contribution is -0.123. The van der Waals surface area contributed by atoms with Crippen LogP contribution in [0.1, 0.15) is 6.42 Å². The topological polar surface area (TPSA) is 55.1 Å². The standard InChI is InChI=1S/C7H12N2O/c1-3-5-4-7(5,8)6(10)9-2/h3,5H,1,4,8H2,2H3,(H,9,10). The zero-order valence-electron chi connectivity index (χ0n) is 6.05. The molecule has 0 aromatic heterocycles. The van der Waals surface area contributed by atoms with E-state index in [4.69, 9.17) is 5.73 Å². The Morgan fingerprint density at radius 2 is 2.60 bits per heavy atom. The molecule has 10 heavy (non-hydrogen) atoms. The summed E-state index contributed by atoms with van der Waals surface area (Å²) in [6.45, 7) is 3.57. The van der Waals surface area contributed by atoms with Crippen LogP contribution in [0.15, 0.2) is 12.7 Å². The number of hydrogen-bond acceptors (Lipinski definition) is 2. The van der Waals surface area contributed by atoms with E-state index in [1.54, 1.807) is 13.1 Å². The summed E-state index contributed by atoms with van der Waals surface area (Å²) < 4.78 is 0. The van der Waals surface area contributed by atoms with Crippen molar-refractivity contribution < 1.29 is 4.79 Å². The normalized spacial score (nSPS) is 36.8. The average molecular weight is 140 g/mol. The van der Waals surface area contributed by atoms with Crippen molar-refractivity contribution in [3.8, 4) is 0 Å². The van der Waals surface area contributed by atoms with Gasteiger partial charge in [0.25, 0.3) is 0 Å². The fraction of sp³-hybridized carbons (Fsp3) is 0.571. The van der Waals surface area contributed by atoms with Gasteiger partial charge < -0.3 is 11.1 Å². The molecular formula is C7H12N2O. The fourth-order valence-corrected chi connectivity index (χ4v) is 1.09. The first kappa shape index (κ1) is 7.28. The maximum atomic E-state index is 11.0. The van der Waals surface area contributed by atoms with Crippen LogP contribution in [0.3, 0.4) is 0 Å². The van der Waals surface area contributed by atoms with Gasteiger partial charge in [-0.3, -0.25) is 4.79 Å². The van der Waals surface area contributed by atoms with Crippen LogP contribution in [0.5, 0.6) is 0 Å². The molecule has 0 aromatic rings. The van der Waals surface area contributed by atoms with Gasteiger partial charge in [0.2, 0.25) is 5.91 Å². The van der Waals surface area contributed by atoms with Crippen LogP contribution in [-0.2, 0) is 4.79 Å². The maximum Gasteiger partial charge on any atom is 0.240 e. The van der Waals surface area contributed by atoms with E-state index in [1.165, 1.54) is 0 Å². The van der Waals surface area contributed by atoms with Crippen molar-refractivity contribution in [1.29, 1.82) is 0 Å². The van der Waals surface area contributed by atoms with E-state index in [-0.39, 0.29) is 11.8 Å². The van der Waals surface area contributed by atoms with Crippen molar-refractivity contribution in [3.63, 3.8) is 0 Å². The van der Waals surface area contributed by atoms with Gasteiger partial charge in [-0.1, -0.05) is 6.08 Å². The summed E-state index contributed by atoms with van der Waals surface area (Å²) in [4.78, 5) is 11.0. The van der Waals surface area contributed by atoms with E-state index in [0.717, 1.165) is 6.42 Å². The lowest BCUT2D eigenvalue weighted by Gasteiger charge is -2.06. The number of amides is 1. The minimum atomic E-state index is -0.642. The summed E-state index contributed by atoms with van der Waals surface area (Å²) in [7, 11) is 1.59. The molecule has 3 nitrogen and oxygen atoms in total. The van der Waals surface area contributed by atoms with Crippen LogP contribution in [0.25, 0.3) is 0 Å². The first-order valence-corrected chi connectivity index (χ1v) is 3.28. The Bertz CT molecular complexity index is 178. The Balaban J connectivity index is 2.58. The smallest absolute Gasteiger partial charge is 0.240 e. The Hall–Kier alpha value is -0.830. The van der Waals surface area contributed by atoms with Gasteiger partial charge in [0, 0.05) is 13.0 Å². The van der Waals surface area contributed by atoms with E-state index in [2.05, 4.69) is 11.9 Å². The van der Waals surface area contributed by atoms with Crippen molar-refractivity contribution >= 4 is 5.91 Å². The number of nitrogens with two attached hydrogens (primary N) is 1. The number of nitrogens with one attached hydrogen (secondary N) is 1. The summed E-state index contributed by atoms with van der Waals surface area (Å²) in [6, 6.07) is 0. The largest absolute Gasteiger partial charge is 0.358 e. The molecule has 0 saturated heterocycles. The first-order valence-electron chi connectivity index (χ1n) is 3.28. The van der Waals surface area contributed by atoms with Crippen LogP contribution < -0.4 is 11.1 Å². The summed E-state index contributed by atoms with van der Waals surface area (Å²) in [6.07, 6.45) is 2.46. The van der Waals surface area contributed by atoms with Crippen LogP contribution in [0, 0.1) is 5.92 Å². The third-order valence-corrected chi connectivity index (χ3v) is 1.99. The van der Waals surface area contributed by atoms with Crippen LogP contribution in [-0.4, -0.2) is 18.5 Å². The lowest BCUT2D eigenvalue weighted by Crippen LogP contribution is -2.42. The van der Waals surface area contributed by atoms with Gasteiger partial charge in [-0.05, 0) is 6.42 Å². The third-order valence-electron chi connectivity index (χ3n) is 1.99. The van der Waals surface area contributed by atoms with E-state index in [1.807, 2.05) is 0 Å². The highest BCUT2D eigenvalue weighted by Crippen LogP contribution is 2.41. The molecule has 0 radical (unpaired) electrons. The minimum absolute atomic E-state index is 0.0857. The van der Waals surface area contributed by atoms with E-state index < -0.39 is 5.54 Å². The van der Waals surface area contributed by atoms with Crippen molar-refractivity contribution in [2.45, 2.75) is 12.0 Å². The fourth-order valence-electron chi connectivity index (χ4n) is 1.09. The molecule has 2 atom stereocenters. The molecule has 1 aliphatic carbocycles. The van der Waals surface area contributed by atoms with Crippen LogP contribution in [0.2, 0.25) is 0 Å². The van der Waals surface area contributed by atoms with E-state index in [9.17, 15) is 4.79 Å². The Morgan fingerprint density at radius 3 is 2.90 bits per heavy atom. The summed E-state index contributed by atoms with van der Waals surface area (Å²) in [5, 5.41) is 2.52. The van der Waals surface area contributed by atoms with Gasteiger partial charge >= 0.3 is 0 Å². The molecule has 0 aliphatic heterocycles. The van der Waals surface area contributed by atoms with Crippen LogP contribution >= 0.6 is 0 Å². The monoisotopic (exact) mass is 140 g/mol. The molecule has 3 N–H and O–H groups in total. The molecule has 1 fully saturated rings. The van der Waals surface area contributed by atoms with Crippen molar-refractivity contribution in [2.75, 3.05) is 7.05 Å². The average Bonchev–Trinajstić information content (AvgIpc) is 2.61. The molecule has 0 spiro atoms. The molecule has 1 rings (SSSR count). The van der Waals surface area contributed by atoms with Gasteiger partial charge in [-0.25, -0.2) is 0 Å². The molecule has 0 bridgehead atoms. The number of likely N-dealkylation sites (N-methyl/N-ethyl adjacent to an activating group) is 1. The number of carbonyl (C=O) groups is 1. The Kier molecular flexibility index (Phi) is 1.52. The predicted molar refractivity (Wildman–Crippen MR) is 39.3 cm³/mol. The van der Waals surface area contributed by atoms with Gasteiger partial charge in [0.1, 0.15) is 5.54 Å². The predicted octanol–water partition coefficient (Wildman–Crippen LogP) is -0.364. The Morgan fingerprint density at radius 1 is 2.00 bits per heavy atom. The van der Waals surface area contributed by atoms with Crippen molar-refractivity contribution in [1.82, 2.24) is 5.32 Å². The molecule has 2 unspecified atom stereocenters. The highest BCUT2D eigenvalue weighted by molar-refractivity contribution is 5.90. The minimum Gasteiger partial charge on any atom is -0.358 e. The molecule has 1 aliphatic rings. The van der Waals surface area contributed by atoms with Gasteiger partial charge in [-0.15, -0.1) is 6.58 Å². The van der Waals surface area contributed by atoms with E-state index >= 15 is 0 Å². The summed E-state index contributed by atoms with van der Waals surface area (Å²) in [5.74, 6) is 0.0878. The van der Waals surface area contributed by atoms with E-state index in [0.29, 0.717) is 0 Å². The molecule has 56 valence electrons. The summed E-state index contributed by atoms with van der Waals surface area (Å²) in [5.41, 5.74) is 5.03.